The van der Waals surface area contributed by atoms with Crippen LogP contribution in [-0.2, 0) is 16.4 Å². The summed E-state index contributed by atoms with van der Waals surface area (Å²) in [5, 5.41) is -0.495. The van der Waals surface area contributed by atoms with E-state index in [1.165, 1.54) is 6.20 Å². The molecule has 1 aromatic rings. The molecule has 0 saturated heterocycles. The average molecular weight is 237 g/mol. The quantitative estimate of drug-likeness (QED) is 0.741. The summed E-state index contributed by atoms with van der Waals surface area (Å²) in [7, 11) is -3.37. The minimum Gasteiger partial charge on any atom is -0.322 e. The predicted molar refractivity (Wildman–Crippen MR) is 55.3 cm³/mol. The second kappa shape index (κ2) is 4.31. The van der Waals surface area contributed by atoms with Crippen molar-refractivity contribution in [3.63, 3.8) is 0 Å². The standard InChI is InChI=1S/C8H13ClN2O2S/c1-3-11-5-4-10-8(11)14(12,13)7(2)6-9/h4-5,7H,3,6H2,1-2H3. The van der Waals surface area contributed by atoms with Gasteiger partial charge in [0.1, 0.15) is 0 Å². The first-order valence-corrected chi connectivity index (χ1v) is 6.43. The molecule has 1 heterocycles. The van der Waals surface area contributed by atoms with Crippen molar-refractivity contribution in [1.29, 1.82) is 0 Å². The Balaban J connectivity index is 3.16. The van der Waals surface area contributed by atoms with Crippen LogP contribution in [0.4, 0.5) is 0 Å². The number of rotatable bonds is 4. The molecule has 4 nitrogen and oxygen atoms in total. The van der Waals surface area contributed by atoms with Crippen LogP contribution in [0.15, 0.2) is 17.6 Å². The predicted octanol–water partition coefficient (Wildman–Crippen LogP) is 1.30. The maximum Gasteiger partial charge on any atom is 0.227 e. The number of hydrogen-bond donors (Lipinski definition) is 0. The number of hydrogen-bond acceptors (Lipinski definition) is 3. The van der Waals surface area contributed by atoms with Crippen LogP contribution < -0.4 is 0 Å². The molecule has 1 rings (SSSR count). The van der Waals surface area contributed by atoms with Crippen LogP contribution in [0.3, 0.4) is 0 Å². The molecule has 0 aliphatic carbocycles. The molecule has 0 saturated carbocycles. The van der Waals surface area contributed by atoms with Crippen LogP contribution in [-0.4, -0.2) is 29.1 Å². The molecular weight excluding hydrogens is 224 g/mol. The highest BCUT2D eigenvalue weighted by Crippen LogP contribution is 2.14. The number of imidazole rings is 1. The van der Waals surface area contributed by atoms with E-state index in [1.807, 2.05) is 6.92 Å². The van der Waals surface area contributed by atoms with Crippen LogP contribution in [0.1, 0.15) is 13.8 Å². The SMILES string of the molecule is CCn1ccnc1S(=O)(=O)C(C)CCl. The molecule has 14 heavy (non-hydrogen) atoms. The van der Waals surface area contributed by atoms with E-state index in [0.29, 0.717) is 6.54 Å². The highest BCUT2D eigenvalue weighted by molar-refractivity contribution is 7.92. The average Bonchev–Trinajstić information content (AvgIpc) is 2.64. The Morgan fingerprint density at radius 2 is 2.29 bits per heavy atom. The van der Waals surface area contributed by atoms with Gasteiger partial charge in [-0.1, -0.05) is 0 Å². The molecule has 1 aromatic heterocycles. The largest absolute Gasteiger partial charge is 0.322 e. The molecule has 0 N–H and O–H groups in total. The highest BCUT2D eigenvalue weighted by atomic mass is 35.5. The molecule has 1 unspecified atom stereocenters. The van der Waals surface area contributed by atoms with E-state index < -0.39 is 15.1 Å². The third-order valence-corrected chi connectivity index (χ3v) is 4.74. The molecule has 0 spiro atoms. The van der Waals surface area contributed by atoms with Crippen molar-refractivity contribution in [3.8, 4) is 0 Å². The van der Waals surface area contributed by atoms with E-state index in [9.17, 15) is 8.42 Å². The van der Waals surface area contributed by atoms with Crippen molar-refractivity contribution in [3.05, 3.63) is 12.4 Å². The lowest BCUT2D eigenvalue weighted by Crippen LogP contribution is -2.23. The number of nitrogens with zero attached hydrogens (tertiary/aromatic N) is 2. The van der Waals surface area contributed by atoms with Crippen molar-refractivity contribution in [2.45, 2.75) is 30.8 Å². The van der Waals surface area contributed by atoms with Gasteiger partial charge in [0.05, 0.1) is 5.25 Å². The molecule has 0 amide bonds. The summed E-state index contributed by atoms with van der Waals surface area (Å²) in [4.78, 5) is 3.84. The first-order valence-electron chi connectivity index (χ1n) is 4.35. The van der Waals surface area contributed by atoms with Crippen molar-refractivity contribution >= 4 is 21.4 Å². The molecule has 0 radical (unpaired) electrons. The minimum atomic E-state index is -3.37. The minimum absolute atomic E-state index is 0.0822. The summed E-state index contributed by atoms with van der Waals surface area (Å²) in [5.74, 6) is 0.0822. The second-order valence-corrected chi connectivity index (χ2v) is 5.57. The maximum atomic E-state index is 11.8. The molecule has 0 fully saturated rings. The summed E-state index contributed by atoms with van der Waals surface area (Å²) < 4.78 is 25.3. The van der Waals surface area contributed by atoms with E-state index in [2.05, 4.69) is 4.98 Å². The summed E-state index contributed by atoms with van der Waals surface area (Å²) >= 11 is 5.53. The summed E-state index contributed by atoms with van der Waals surface area (Å²) in [6, 6.07) is 0. The molecular formula is C8H13ClN2O2S. The van der Waals surface area contributed by atoms with E-state index in [4.69, 9.17) is 11.6 Å². The van der Waals surface area contributed by atoms with Crippen LogP contribution >= 0.6 is 11.6 Å². The Kier molecular flexibility index (Phi) is 3.55. The Morgan fingerprint density at radius 1 is 1.64 bits per heavy atom. The molecule has 6 heteroatoms. The lowest BCUT2D eigenvalue weighted by molar-refractivity contribution is 0.561. The lowest BCUT2D eigenvalue weighted by Gasteiger charge is -2.10. The number of aromatic nitrogens is 2. The van der Waals surface area contributed by atoms with E-state index in [-0.39, 0.29) is 11.0 Å². The molecule has 0 aliphatic rings. The van der Waals surface area contributed by atoms with Gasteiger partial charge in [-0.25, -0.2) is 13.4 Å². The second-order valence-electron chi connectivity index (χ2n) is 3.01. The molecule has 0 aromatic carbocycles. The number of halogens is 1. The van der Waals surface area contributed by atoms with Crippen molar-refractivity contribution in [2.24, 2.45) is 0 Å². The normalized spacial score (nSPS) is 14.2. The first-order chi connectivity index (χ1) is 6.54. The van der Waals surface area contributed by atoms with Crippen molar-refractivity contribution in [2.75, 3.05) is 5.88 Å². The summed E-state index contributed by atoms with van der Waals surface area (Å²) in [6.07, 6.45) is 3.13. The third-order valence-electron chi connectivity index (χ3n) is 2.02. The van der Waals surface area contributed by atoms with Crippen LogP contribution in [0.2, 0.25) is 0 Å². The van der Waals surface area contributed by atoms with Crippen molar-refractivity contribution < 1.29 is 8.42 Å². The van der Waals surface area contributed by atoms with Gasteiger partial charge in [-0.2, -0.15) is 0 Å². The van der Waals surface area contributed by atoms with E-state index >= 15 is 0 Å². The van der Waals surface area contributed by atoms with Gasteiger partial charge in [0.15, 0.2) is 0 Å². The smallest absolute Gasteiger partial charge is 0.227 e. The molecule has 80 valence electrons. The van der Waals surface area contributed by atoms with Gasteiger partial charge < -0.3 is 4.57 Å². The monoisotopic (exact) mass is 236 g/mol. The fourth-order valence-corrected chi connectivity index (χ4v) is 2.80. The van der Waals surface area contributed by atoms with Gasteiger partial charge in [-0.05, 0) is 13.8 Å². The zero-order valence-electron chi connectivity index (χ0n) is 8.14. The Bertz CT molecular complexity index is 399. The number of aryl methyl sites for hydroxylation is 1. The number of alkyl halides is 1. The van der Waals surface area contributed by atoms with Crippen LogP contribution in [0, 0.1) is 0 Å². The van der Waals surface area contributed by atoms with Crippen LogP contribution in [0.5, 0.6) is 0 Å². The van der Waals surface area contributed by atoms with Gasteiger partial charge in [0.25, 0.3) is 0 Å². The molecule has 1 atom stereocenters. The molecule has 0 aliphatic heterocycles. The summed E-state index contributed by atoms with van der Waals surface area (Å²) in [6.45, 7) is 4.03. The zero-order valence-corrected chi connectivity index (χ0v) is 9.72. The first kappa shape index (κ1) is 11.5. The third kappa shape index (κ3) is 1.93. The summed E-state index contributed by atoms with van der Waals surface area (Å²) in [5.41, 5.74) is 0. The Hall–Kier alpha value is -0.550. The van der Waals surface area contributed by atoms with Gasteiger partial charge in [0, 0.05) is 24.8 Å². The Labute approximate surface area is 88.8 Å². The van der Waals surface area contributed by atoms with Gasteiger partial charge in [-0.15, -0.1) is 11.6 Å². The fourth-order valence-electron chi connectivity index (χ4n) is 1.06. The Morgan fingerprint density at radius 3 is 2.79 bits per heavy atom. The van der Waals surface area contributed by atoms with E-state index in [1.54, 1.807) is 17.7 Å². The zero-order chi connectivity index (χ0) is 10.8. The highest BCUT2D eigenvalue weighted by Gasteiger charge is 2.26. The van der Waals surface area contributed by atoms with Crippen LogP contribution in [0.25, 0.3) is 0 Å². The number of sulfone groups is 1. The lowest BCUT2D eigenvalue weighted by atomic mass is 10.6. The molecule has 0 bridgehead atoms. The van der Waals surface area contributed by atoms with Crippen molar-refractivity contribution in [1.82, 2.24) is 9.55 Å². The van der Waals surface area contributed by atoms with Gasteiger partial charge in [0.2, 0.25) is 15.0 Å². The maximum absolute atomic E-state index is 11.8. The van der Waals surface area contributed by atoms with Gasteiger partial charge >= 0.3 is 0 Å². The van der Waals surface area contributed by atoms with E-state index in [0.717, 1.165) is 0 Å². The fraction of sp³-hybridized carbons (Fsp3) is 0.625. The topological polar surface area (TPSA) is 52.0 Å². The van der Waals surface area contributed by atoms with Gasteiger partial charge in [-0.3, -0.25) is 0 Å².